The van der Waals surface area contributed by atoms with Crippen LogP contribution in [0.1, 0.15) is 13.8 Å². The molecule has 0 aromatic heterocycles. The van der Waals surface area contributed by atoms with E-state index in [1.54, 1.807) is 13.8 Å². The second kappa shape index (κ2) is 6.68. The van der Waals surface area contributed by atoms with E-state index in [4.69, 9.17) is 4.74 Å². The molecule has 0 amide bonds. The molecule has 108 valence electrons. The van der Waals surface area contributed by atoms with Crippen molar-refractivity contribution >= 4 is 11.9 Å². The van der Waals surface area contributed by atoms with Crippen molar-refractivity contribution in [3.63, 3.8) is 0 Å². The van der Waals surface area contributed by atoms with E-state index in [9.17, 15) is 14.7 Å². The molecule has 6 nitrogen and oxygen atoms in total. The zero-order chi connectivity index (χ0) is 14.6. The highest BCUT2D eigenvalue weighted by Gasteiger charge is 2.43. The fraction of sp³-hybridized carbons (Fsp3) is 0.692. The first-order valence-corrected chi connectivity index (χ1v) is 6.09. The first-order chi connectivity index (χ1) is 8.92. The molecule has 0 radical (unpaired) electrons. The maximum Gasteiger partial charge on any atom is 0.335 e. The Bertz CT molecular complexity index is 364. The van der Waals surface area contributed by atoms with Crippen LogP contribution in [0.15, 0.2) is 12.2 Å². The van der Waals surface area contributed by atoms with Crippen LogP contribution in [-0.4, -0.2) is 49.6 Å². The molecule has 6 heteroatoms. The zero-order valence-electron chi connectivity index (χ0n) is 11.5. The van der Waals surface area contributed by atoms with Gasteiger partial charge in [-0.3, -0.25) is 0 Å². The van der Waals surface area contributed by atoms with Gasteiger partial charge < -0.3 is 19.3 Å². The number of aliphatic hydroxyl groups is 1. The van der Waals surface area contributed by atoms with Crippen LogP contribution in [0.3, 0.4) is 0 Å². The summed E-state index contributed by atoms with van der Waals surface area (Å²) >= 11 is 0. The molecule has 0 aromatic rings. The van der Waals surface area contributed by atoms with E-state index < -0.39 is 30.3 Å². The smallest absolute Gasteiger partial charge is 0.335 e. The Balaban J connectivity index is 2.84. The SMILES string of the molecule is COC(=O)/C=C/C1O[C@H](C(=O)OC)C(C)[C@H](O)[C@@H]1C. The summed E-state index contributed by atoms with van der Waals surface area (Å²) in [7, 11) is 2.54. The molecular formula is C13H20O6. The predicted molar refractivity (Wildman–Crippen MR) is 66.2 cm³/mol. The van der Waals surface area contributed by atoms with E-state index in [-0.39, 0.29) is 11.8 Å². The van der Waals surface area contributed by atoms with Crippen molar-refractivity contribution in [1.82, 2.24) is 0 Å². The van der Waals surface area contributed by atoms with Crippen LogP contribution in [0.25, 0.3) is 0 Å². The van der Waals surface area contributed by atoms with Gasteiger partial charge in [0.05, 0.1) is 26.4 Å². The Hall–Kier alpha value is -1.40. The van der Waals surface area contributed by atoms with E-state index in [2.05, 4.69) is 9.47 Å². The molecule has 2 unspecified atom stereocenters. The van der Waals surface area contributed by atoms with E-state index in [0.717, 1.165) is 0 Å². The van der Waals surface area contributed by atoms with Crippen LogP contribution in [0.5, 0.6) is 0 Å². The quantitative estimate of drug-likeness (QED) is 0.587. The van der Waals surface area contributed by atoms with Crippen LogP contribution in [-0.2, 0) is 23.8 Å². The molecule has 5 atom stereocenters. The number of hydrogen-bond acceptors (Lipinski definition) is 6. The second-order valence-corrected chi connectivity index (χ2v) is 4.64. The highest BCUT2D eigenvalue weighted by atomic mass is 16.6. The number of carbonyl (C=O) groups excluding carboxylic acids is 2. The number of carbonyl (C=O) groups is 2. The van der Waals surface area contributed by atoms with Gasteiger partial charge in [-0.15, -0.1) is 0 Å². The Labute approximate surface area is 112 Å². The van der Waals surface area contributed by atoms with Crippen LogP contribution in [0, 0.1) is 11.8 Å². The average Bonchev–Trinajstić information content (AvgIpc) is 2.42. The summed E-state index contributed by atoms with van der Waals surface area (Å²) in [4.78, 5) is 22.7. The summed E-state index contributed by atoms with van der Waals surface area (Å²) in [6.07, 6.45) is 0.600. The fourth-order valence-corrected chi connectivity index (χ4v) is 2.12. The molecular weight excluding hydrogens is 252 g/mol. The van der Waals surface area contributed by atoms with Gasteiger partial charge >= 0.3 is 11.9 Å². The van der Waals surface area contributed by atoms with Crippen LogP contribution in [0.2, 0.25) is 0 Å². The first kappa shape index (κ1) is 15.7. The van der Waals surface area contributed by atoms with E-state index >= 15 is 0 Å². The van der Waals surface area contributed by atoms with Crippen molar-refractivity contribution in [3.05, 3.63) is 12.2 Å². The second-order valence-electron chi connectivity index (χ2n) is 4.64. The van der Waals surface area contributed by atoms with Crippen molar-refractivity contribution in [1.29, 1.82) is 0 Å². The lowest BCUT2D eigenvalue weighted by Crippen LogP contribution is -2.51. The molecule has 1 fully saturated rings. The van der Waals surface area contributed by atoms with Gasteiger partial charge in [0.1, 0.15) is 0 Å². The molecule has 0 aliphatic carbocycles. The molecule has 1 rings (SSSR count). The van der Waals surface area contributed by atoms with Crippen molar-refractivity contribution in [2.45, 2.75) is 32.2 Å². The highest BCUT2D eigenvalue weighted by Crippen LogP contribution is 2.31. The third kappa shape index (κ3) is 3.54. The monoisotopic (exact) mass is 272 g/mol. The molecule has 1 saturated heterocycles. The summed E-state index contributed by atoms with van der Waals surface area (Å²) in [6.45, 7) is 3.52. The Kier molecular flexibility index (Phi) is 5.50. The van der Waals surface area contributed by atoms with Crippen molar-refractivity contribution in [3.8, 4) is 0 Å². The van der Waals surface area contributed by atoms with E-state index in [1.807, 2.05) is 0 Å². The summed E-state index contributed by atoms with van der Waals surface area (Å²) in [5, 5.41) is 10.1. The molecule has 0 saturated carbocycles. The molecule has 19 heavy (non-hydrogen) atoms. The highest BCUT2D eigenvalue weighted by molar-refractivity contribution is 5.81. The minimum absolute atomic E-state index is 0.239. The molecule has 1 aliphatic heterocycles. The molecule has 1 heterocycles. The van der Waals surface area contributed by atoms with E-state index in [0.29, 0.717) is 0 Å². The molecule has 1 N–H and O–H groups in total. The normalized spacial score (nSPS) is 35.1. The standard InChI is InChI=1S/C13H20O6/c1-7-9(5-6-10(14)17-3)19-12(13(16)18-4)8(2)11(7)15/h5-9,11-12,15H,1-4H3/b6-5+/t7-,8?,9?,11-,12+/m1/s1. The van der Waals surface area contributed by atoms with Gasteiger partial charge in [0.2, 0.25) is 0 Å². The van der Waals surface area contributed by atoms with Gasteiger partial charge in [-0.25, -0.2) is 9.59 Å². The number of rotatable bonds is 3. The summed E-state index contributed by atoms with van der Waals surface area (Å²) < 4.78 is 14.7. The Morgan fingerprint density at radius 1 is 1.16 bits per heavy atom. The summed E-state index contributed by atoms with van der Waals surface area (Å²) in [6, 6.07) is 0. The molecule has 0 spiro atoms. The van der Waals surface area contributed by atoms with Gasteiger partial charge in [0.15, 0.2) is 6.10 Å². The number of methoxy groups -OCH3 is 2. The van der Waals surface area contributed by atoms with Crippen LogP contribution >= 0.6 is 0 Å². The van der Waals surface area contributed by atoms with Crippen LogP contribution in [0.4, 0.5) is 0 Å². The lowest BCUT2D eigenvalue weighted by atomic mass is 9.82. The lowest BCUT2D eigenvalue weighted by molar-refractivity contribution is -0.185. The number of aliphatic hydroxyl groups excluding tert-OH is 1. The molecule has 0 bridgehead atoms. The fourth-order valence-electron chi connectivity index (χ4n) is 2.12. The zero-order valence-corrected chi connectivity index (χ0v) is 11.5. The third-order valence-corrected chi connectivity index (χ3v) is 3.43. The number of esters is 2. The summed E-state index contributed by atoms with van der Waals surface area (Å²) in [5.74, 6) is -1.66. The minimum Gasteiger partial charge on any atom is -0.467 e. The average molecular weight is 272 g/mol. The van der Waals surface area contributed by atoms with Crippen molar-refractivity contribution in [2.75, 3.05) is 14.2 Å². The lowest BCUT2D eigenvalue weighted by Gasteiger charge is -2.40. The van der Waals surface area contributed by atoms with E-state index in [1.165, 1.54) is 26.4 Å². The number of hydrogen-bond donors (Lipinski definition) is 1. The minimum atomic E-state index is -0.844. The maximum atomic E-state index is 11.6. The topological polar surface area (TPSA) is 82.1 Å². The van der Waals surface area contributed by atoms with Crippen LogP contribution < -0.4 is 0 Å². The third-order valence-electron chi connectivity index (χ3n) is 3.43. The first-order valence-electron chi connectivity index (χ1n) is 6.09. The summed E-state index contributed by atoms with van der Waals surface area (Å²) in [5.41, 5.74) is 0. The van der Waals surface area contributed by atoms with Gasteiger partial charge in [0.25, 0.3) is 0 Å². The largest absolute Gasteiger partial charge is 0.467 e. The van der Waals surface area contributed by atoms with Gasteiger partial charge in [-0.2, -0.15) is 0 Å². The Morgan fingerprint density at radius 2 is 1.79 bits per heavy atom. The number of ether oxygens (including phenoxy) is 3. The molecule has 0 aromatic carbocycles. The van der Waals surface area contributed by atoms with Gasteiger partial charge in [0, 0.05) is 17.9 Å². The maximum absolute atomic E-state index is 11.6. The van der Waals surface area contributed by atoms with Gasteiger partial charge in [-0.05, 0) is 6.08 Å². The predicted octanol–water partition coefficient (Wildman–Crippen LogP) is 0.289. The Morgan fingerprint density at radius 3 is 2.32 bits per heavy atom. The van der Waals surface area contributed by atoms with Gasteiger partial charge in [-0.1, -0.05) is 13.8 Å². The van der Waals surface area contributed by atoms with Crippen molar-refractivity contribution < 1.29 is 28.9 Å². The van der Waals surface area contributed by atoms with Crippen molar-refractivity contribution in [2.24, 2.45) is 11.8 Å². The molecule has 1 aliphatic rings.